The highest BCUT2D eigenvalue weighted by Gasteiger charge is 2.23. The van der Waals surface area contributed by atoms with Crippen LogP contribution in [0.15, 0.2) is 29.2 Å². The third-order valence-electron chi connectivity index (χ3n) is 4.11. The van der Waals surface area contributed by atoms with Gasteiger partial charge in [0.25, 0.3) is 11.5 Å². The van der Waals surface area contributed by atoms with Crippen LogP contribution in [0.25, 0.3) is 0 Å². The van der Waals surface area contributed by atoms with Crippen LogP contribution in [-0.4, -0.2) is 46.8 Å². The SMILES string of the molecule is CCc1ccc(C(=O)N2CCN(c3cnn(C)c(=O)c3)CC2)s1. The Balaban J connectivity index is 1.64. The smallest absolute Gasteiger partial charge is 0.268 e. The zero-order chi connectivity index (χ0) is 16.4. The fourth-order valence-corrected chi connectivity index (χ4v) is 3.55. The summed E-state index contributed by atoms with van der Waals surface area (Å²) in [6, 6.07) is 5.54. The molecule has 1 saturated heterocycles. The van der Waals surface area contributed by atoms with Crippen LogP contribution in [0.3, 0.4) is 0 Å². The predicted octanol–water partition coefficient (Wildman–Crippen LogP) is 1.37. The molecule has 122 valence electrons. The van der Waals surface area contributed by atoms with Crippen LogP contribution < -0.4 is 10.5 Å². The van der Waals surface area contributed by atoms with Crippen molar-refractivity contribution in [3.8, 4) is 0 Å². The second kappa shape index (κ2) is 6.54. The molecule has 0 N–H and O–H groups in total. The van der Waals surface area contributed by atoms with Crippen molar-refractivity contribution in [3.63, 3.8) is 0 Å². The first-order chi connectivity index (χ1) is 11.1. The molecule has 6 nitrogen and oxygen atoms in total. The van der Waals surface area contributed by atoms with Gasteiger partial charge in [0.05, 0.1) is 16.8 Å². The molecular formula is C16H20N4O2S. The van der Waals surface area contributed by atoms with E-state index in [1.807, 2.05) is 17.0 Å². The van der Waals surface area contributed by atoms with Gasteiger partial charge in [0.15, 0.2) is 0 Å². The van der Waals surface area contributed by atoms with Crippen molar-refractivity contribution >= 4 is 22.9 Å². The van der Waals surface area contributed by atoms with Crippen LogP contribution in [0.5, 0.6) is 0 Å². The number of piperazine rings is 1. The number of anilines is 1. The molecule has 0 aromatic carbocycles. The lowest BCUT2D eigenvalue weighted by atomic mass is 10.2. The Morgan fingerprint density at radius 1 is 1.26 bits per heavy atom. The molecule has 0 unspecified atom stereocenters. The largest absolute Gasteiger partial charge is 0.367 e. The second-order valence-electron chi connectivity index (χ2n) is 5.57. The third kappa shape index (κ3) is 3.29. The van der Waals surface area contributed by atoms with E-state index in [9.17, 15) is 9.59 Å². The molecule has 3 heterocycles. The molecule has 0 spiro atoms. The van der Waals surface area contributed by atoms with E-state index in [2.05, 4.69) is 16.9 Å². The number of carbonyl (C=O) groups is 1. The first-order valence-electron chi connectivity index (χ1n) is 7.75. The molecular weight excluding hydrogens is 312 g/mol. The highest BCUT2D eigenvalue weighted by atomic mass is 32.1. The standard InChI is InChI=1S/C16H20N4O2S/c1-3-13-4-5-14(23-13)16(22)20-8-6-19(7-9-20)12-10-15(21)18(2)17-11-12/h4-5,10-11H,3,6-9H2,1-2H3. The maximum absolute atomic E-state index is 12.5. The molecule has 23 heavy (non-hydrogen) atoms. The summed E-state index contributed by atoms with van der Waals surface area (Å²) in [5.41, 5.74) is 0.705. The molecule has 0 saturated carbocycles. The first-order valence-corrected chi connectivity index (χ1v) is 8.56. The van der Waals surface area contributed by atoms with Gasteiger partial charge in [-0.2, -0.15) is 5.10 Å². The van der Waals surface area contributed by atoms with Gasteiger partial charge in [-0.3, -0.25) is 9.59 Å². The molecule has 0 aliphatic carbocycles. The number of rotatable bonds is 3. The summed E-state index contributed by atoms with van der Waals surface area (Å²) in [6.45, 7) is 4.84. The number of carbonyl (C=O) groups excluding carboxylic acids is 1. The molecule has 0 bridgehead atoms. The maximum Gasteiger partial charge on any atom is 0.268 e. The third-order valence-corrected chi connectivity index (χ3v) is 5.32. The number of thiophene rings is 1. The molecule has 0 radical (unpaired) electrons. The van der Waals surface area contributed by atoms with E-state index in [1.54, 1.807) is 30.6 Å². The highest BCUT2D eigenvalue weighted by Crippen LogP contribution is 2.20. The number of hydrogen-bond donors (Lipinski definition) is 0. The van der Waals surface area contributed by atoms with Crippen LogP contribution in [-0.2, 0) is 13.5 Å². The van der Waals surface area contributed by atoms with E-state index in [4.69, 9.17) is 0 Å². The van der Waals surface area contributed by atoms with E-state index >= 15 is 0 Å². The van der Waals surface area contributed by atoms with Gasteiger partial charge in [-0.15, -0.1) is 11.3 Å². The van der Waals surface area contributed by atoms with Crippen molar-refractivity contribution in [1.29, 1.82) is 0 Å². The Bertz CT molecular complexity index is 759. The van der Waals surface area contributed by atoms with Crippen molar-refractivity contribution in [2.75, 3.05) is 31.1 Å². The molecule has 7 heteroatoms. The van der Waals surface area contributed by atoms with Gasteiger partial charge in [0.1, 0.15) is 0 Å². The minimum atomic E-state index is -0.119. The van der Waals surface area contributed by atoms with Crippen molar-refractivity contribution in [3.05, 3.63) is 44.5 Å². The van der Waals surface area contributed by atoms with Crippen LogP contribution >= 0.6 is 11.3 Å². The fourth-order valence-electron chi connectivity index (χ4n) is 2.64. The number of nitrogens with zero attached hydrogens (tertiary/aromatic N) is 4. The molecule has 1 aliphatic rings. The molecule has 2 aromatic heterocycles. The Morgan fingerprint density at radius 2 is 2.00 bits per heavy atom. The fraction of sp³-hybridized carbons (Fsp3) is 0.438. The summed E-state index contributed by atoms with van der Waals surface area (Å²) < 4.78 is 1.31. The van der Waals surface area contributed by atoms with Gasteiger partial charge in [0, 0.05) is 44.2 Å². The van der Waals surface area contributed by atoms with Gasteiger partial charge in [-0.05, 0) is 18.6 Å². The molecule has 1 amide bonds. The number of amides is 1. The van der Waals surface area contributed by atoms with E-state index in [0.717, 1.165) is 17.0 Å². The molecule has 1 fully saturated rings. The van der Waals surface area contributed by atoms with Crippen molar-refractivity contribution in [2.45, 2.75) is 13.3 Å². The first kappa shape index (κ1) is 15.7. The Hall–Kier alpha value is -2.15. The van der Waals surface area contributed by atoms with E-state index in [1.165, 1.54) is 9.56 Å². The summed E-state index contributed by atoms with van der Waals surface area (Å²) in [5, 5.41) is 4.05. The molecule has 0 atom stereocenters. The van der Waals surface area contributed by atoms with Gasteiger partial charge in [-0.25, -0.2) is 4.68 Å². The van der Waals surface area contributed by atoms with Crippen molar-refractivity contribution in [1.82, 2.24) is 14.7 Å². The zero-order valence-electron chi connectivity index (χ0n) is 13.4. The van der Waals surface area contributed by atoms with Crippen molar-refractivity contribution in [2.24, 2.45) is 7.05 Å². The average molecular weight is 332 g/mol. The van der Waals surface area contributed by atoms with Crippen LogP contribution in [0.1, 0.15) is 21.5 Å². The number of aromatic nitrogens is 2. The lowest BCUT2D eigenvalue weighted by Crippen LogP contribution is -2.49. The van der Waals surface area contributed by atoms with E-state index in [0.29, 0.717) is 26.2 Å². The lowest BCUT2D eigenvalue weighted by Gasteiger charge is -2.35. The number of aryl methyl sites for hydroxylation is 2. The van der Waals surface area contributed by atoms with Gasteiger partial charge in [-0.1, -0.05) is 6.92 Å². The molecule has 2 aromatic rings. The summed E-state index contributed by atoms with van der Waals surface area (Å²) >= 11 is 1.58. The monoisotopic (exact) mass is 332 g/mol. The van der Waals surface area contributed by atoms with Crippen LogP contribution in [0, 0.1) is 0 Å². The van der Waals surface area contributed by atoms with Crippen LogP contribution in [0.4, 0.5) is 5.69 Å². The van der Waals surface area contributed by atoms with E-state index < -0.39 is 0 Å². The summed E-state index contributed by atoms with van der Waals surface area (Å²) in [7, 11) is 1.63. The maximum atomic E-state index is 12.5. The molecule has 1 aliphatic heterocycles. The van der Waals surface area contributed by atoms with Gasteiger partial charge in [0.2, 0.25) is 0 Å². The minimum Gasteiger partial charge on any atom is -0.367 e. The van der Waals surface area contributed by atoms with Gasteiger partial charge < -0.3 is 9.80 Å². The van der Waals surface area contributed by atoms with Crippen LogP contribution in [0.2, 0.25) is 0 Å². The lowest BCUT2D eigenvalue weighted by molar-refractivity contribution is 0.0751. The normalized spacial score (nSPS) is 15.0. The Kier molecular flexibility index (Phi) is 4.47. The zero-order valence-corrected chi connectivity index (χ0v) is 14.2. The average Bonchev–Trinajstić information content (AvgIpc) is 3.06. The molecule has 3 rings (SSSR count). The number of hydrogen-bond acceptors (Lipinski definition) is 5. The van der Waals surface area contributed by atoms with Gasteiger partial charge >= 0.3 is 0 Å². The summed E-state index contributed by atoms with van der Waals surface area (Å²) in [6.07, 6.45) is 2.66. The summed E-state index contributed by atoms with van der Waals surface area (Å²) in [4.78, 5) is 30.2. The Morgan fingerprint density at radius 3 is 2.61 bits per heavy atom. The minimum absolute atomic E-state index is 0.108. The second-order valence-corrected chi connectivity index (χ2v) is 6.74. The highest BCUT2D eigenvalue weighted by molar-refractivity contribution is 7.14. The van der Waals surface area contributed by atoms with Crippen molar-refractivity contribution < 1.29 is 4.79 Å². The summed E-state index contributed by atoms with van der Waals surface area (Å²) in [5.74, 6) is 0.108. The quantitative estimate of drug-likeness (QED) is 0.852. The van der Waals surface area contributed by atoms with E-state index in [-0.39, 0.29) is 11.5 Å². The predicted molar refractivity (Wildman–Crippen MR) is 91.3 cm³/mol. The Labute approximate surface area is 139 Å². The topological polar surface area (TPSA) is 58.4 Å².